The third kappa shape index (κ3) is 1.40. The first kappa shape index (κ1) is 10.8. The topological polar surface area (TPSA) is 31.2 Å². The Morgan fingerprint density at radius 2 is 1.78 bits per heavy atom. The predicted molar refractivity (Wildman–Crippen MR) is 71.8 cm³/mol. The van der Waals surface area contributed by atoms with Crippen LogP contribution in [0.2, 0.25) is 0 Å². The Morgan fingerprint density at radius 3 is 2.56 bits per heavy atom. The number of fused-ring (bicyclic) bond motifs is 3. The highest BCUT2D eigenvalue weighted by atomic mass is 16.5. The standard InChI is InChI=1S/C15H13NO2/c1-16-13-6-4-3-5-11(13)12-8-7-10(9-14(12)16)15(17)18-2/h3-9H,1-2H3. The van der Waals surface area contributed by atoms with Crippen LogP contribution in [0, 0.1) is 0 Å². The molecule has 0 unspecified atom stereocenters. The van der Waals surface area contributed by atoms with E-state index >= 15 is 0 Å². The summed E-state index contributed by atoms with van der Waals surface area (Å²) < 4.78 is 6.85. The van der Waals surface area contributed by atoms with E-state index in [-0.39, 0.29) is 5.97 Å². The minimum absolute atomic E-state index is 0.304. The number of para-hydroxylation sites is 1. The van der Waals surface area contributed by atoms with Gasteiger partial charge in [-0.05, 0) is 18.2 Å². The number of ether oxygens (including phenoxy) is 1. The molecule has 0 N–H and O–H groups in total. The molecule has 18 heavy (non-hydrogen) atoms. The third-order valence-corrected chi connectivity index (χ3v) is 3.34. The van der Waals surface area contributed by atoms with Crippen molar-refractivity contribution in [3.05, 3.63) is 48.0 Å². The number of aryl methyl sites for hydroxylation is 1. The number of aromatic nitrogens is 1. The van der Waals surface area contributed by atoms with Crippen molar-refractivity contribution in [2.45, 2.75) is 0 Å². The Labute approximate surface area is 105 Å². The largest absolute Gasteiger partial charge is 0.465 e. The molecular weight excluding hydrogens is 226 g/mol. The van der Waals surface area contributed by atoms with E-state index in [2.05, 4.69) is 16.7 Å². The normalized spacial score (nSPS) is 11.0. The maximum atomic E-state index is 11.6. The number of carbonyl (C=O) groups is 1. The van der Waals surface area contributed by atoms with Gasteiger partial charge in [-0.25, -0.2) is 4.79 Å². The predicted octanol–water partition coefficient (Wildman–Crippen LogP) is 3.12. The highest BCUT2D eigenvalue weighted by molar-refractivity contribution is 6.09. The van der Waals surface area contributed by atoms with E-state index in [0.29, 0.717) is 5.56 Å². The molecule has 0 fully saturated rings. The smallest absolute Gasteiger partial charge is 0.337 e. The number of nitrogens with zero attached hydrogens (tertiary/aromatic N) is 1. The summed E-state index contributed by atoms with van der Waals surface area (Å²) in [6.45, 7) is 0. The van der Waals surface area contributed by atoms with Gasteiger partial charge >= 0.3 is 5.97 Å². The molecule has 3 rings (SSSR count). The van der Waals surface area contributed by atoms with Gasteiger partial charge in [0, 0.05) is 28.9 Å². The van der Waals surface area contributed by atoms with Crippen molar-refractivity contribution in [1.82, 2.24) is 4.57 Å². The van der Waals surface area contributed by atoms with Gasteiger partial charge in [0.05, 0.1) is 12.7 Å². The number of esters is 1. The zero-order chi connectivity index (χ0) is 12.7. The zero-order valence-corrected chi connectivity index (χ0v) is 10.3. The summed E-state index contributed by atoms with van der Waals surface area (Å²) in [4.78, 5) is 11.6. The third-order valence-electron chi connectivity index (χ3n) is 3.34. The second kappa shape index (κ2) is 3.88. The van der Waals surface area contributed by atoms with Gasteiger partial charge in [0.2, 0.25) is 0 Å². The fourth-order valence-corrected chi connectivity index (χ4v) is 2.41. The molecular formula is C15H13NO2. The molecule has 0 aliphatic carbocycles. The molecule has 0 atom stereocenters. The molecule has 90 valence electrons. The zero-order valence-electron chi connectivity index (χ0n) is 10.3. The Bertz CT molecular complexity index is 756. The van der Waals surface area contributed by atoms with Crippen LogP contribution >= 0.6 is 0 Å². The molecule has 0 aliphatic rings. The van der Waals surface area contributed by atoms with Crippen LogP contribution in [-0.4, -0.2) is 17.6 Å². The summed E-state index contributed by atoms with van der Waals surface area (Å²) in [7, 11) is 3.40. The summed E-state index contributed by atoms with van der Waals surface area (Å²) in [6.07, 6.45) is 0. The molecule has 2 aromatic carbocycles. The second-order valence-electron chi connectivity index (χ2n) is 4.30. The van der Waals surface area contributed by atoms with Crippen LogP contribution in [0.15, 0.2) is 42.5 Å². The van der Waals surface area contributed by atoms with Gasteiger partial charge < -0.3 is 9.30 Å². The molecule has 1 aromatic heterocycles. The molecule has 0 radical (unpaired) electrons. The molecule has 0 saturated carbocycles. The molecule has 3 heteroatoms. The van der Waals surface area contributed by atoms with Crippen LogP contribution in [-0.2, 0) is 11.8 Å². The van der Waals surface area contributed by atoms with Crippen molar-refractivity contribution in [2.75, 3.05) is 7.11 Å². The van der Waals surface area contributed by atoms with E-state index in [1.165, 1.54) is 12.5 Å². The van der Waals surface area contributed by atoms with Crippen LogP contribution in [0.1, 0.15) is 10.4 Å². The Kier molecular flexibility index (Phi) is 2.33. The lowest BCUT2D eigenvalue weighted by atomic mass is 10.1. The van der Waals surface area contributed by atoms with E-state index in [4.69, 9.17) is 4.74 Å². The van der Waals surface area contributed by atoms with Crippen molar-refractivity contribution in [2.24, 2.45) is 7.05 Å². The van der Waals surface area contributed by atoms with E-state index in [1.54, 1.807) is 6.07 Å². The molecule has 0 amide bonds. The molecule has 1 heterocycles. The Morgan fingerprint density at radius 1 is 1.06 bits per heavy atom. The number of benzene rings is 2. The van der Waals surface area contributed by atoms with Crippen molar-refractivity contribution < 1.29 is 9.53 Å². The fraction of sp³-hybridized carbons (Fsp3) is 0.133. The van der Waals surface area contributed by atoms with Gasteiger partial charge in [-0.2, -0.15) is 0 Å². The van der Waals surface area contributed by atoms with Crippen molar-refractivity contribution in [1.29, 1.82) is 0 Å². The highest BCUT2D eigenvalue weighted by Gasteiger charge is 2.11. The maximum absolute atomic E-state index is 11.6. The Hall–Kier alpha value is -2.29. The number of carbonyl (C=O) groups excluding carboxylic acids is 1. The quantitative estimate of drug-likeness (QED) is 0.611. The molecule has 0 aliphatic heterocycles. The van der Waals surface area contributed by atoms with E-state index < -0.39 is 0 Å². The first-order valence-electron chi connectivity index (χ1n) is 5.78. The van der Waals surface area contributed by atoms with Gasteiger partial charge in [-0.3, -0.25) is 0 Å². The lowest BCUT2D eigenvalue weighted by Gasteiger charge is -2.01. The summed E-state index contributed by atoms with van der Waals surface area (Å²) in [5.41, 5.74) is 2.78. The second-order valence-corrected chi connectivity index (χ2v) is 4.30. The monoisotopic (exact) mass is 239 g/mol. The van der Waals surface area contributed by atoms with Crippen LogP contribution in [0.5, 0.6) is 0 Å². The van der Waals surface area contributed by atoms with Crippen LogP contribution < -0.4 is 0 Å². The molecule has 0 saturated heterocycles. The SMILES string of the molecule is COC(=O)c1ccc2c3ccccc3n(C)c2c1. The molecule has 0 bridgehead atoms. The van der Waals surface area contributed by atoms with Crippen LogP contribution in [0.25, 0.3) is 21.8 Å². The van der Waals surface area contributed by atoms with Crippen LogP contribution in [0.4, 0.5) is 0 Å². The van der Waals surface area contributed by atoms with Crippen LogP contribution in [0.3, 0.4) is 0 Å². The van der Waals surface area contributed by atoms with E-state index in [9.17, 15) is 4.79 Å². The number of methoxy groups -OCH3 is 1. The lowest BCUT2D eigenvalue weighted by molar-refractivity contribution is 0.0601. The average Bonchev–Trinajstić information content (AvgIpc) is 2.72. The molecule has 0 spiro atoms. The lowest BCUT2D eigenvalue weighted by Crippen LogP contribution is -2.01. The molecule has 3 nitrogen and oxygen atoms in total. The van der Waals surface area contributed by atoms with Crippen molar-refractivity contribution in [3.8, 4) is 0 Å². The van der Waals surface area contributed by atoms with Gasteiger partial charge in [-0.15, -0.1) is 0 Å². The highest BCUT2D eigenvalue weighted by Crippen LogP contribution is 2.28. The summed E-state index contributed by atoms with van der Waals surface area (Å²) in [5, 5.41) is 2.35. The van der Waals surface area contributed by atoms with Gasteiger partial charge in [0.25, 0.3) is 0 Å². The molecule has 3 aromatic rings. The fourth-order valence-electron chi connectivity index (χ4n) is 2.41. The van der Waals surface area contributed by atoms with Gasteiger partial charge in [0.1, 0.15) is 0 Å². The number of hydrogen-bond acceptors (Lipinski definition) is 2. The van der Waals surface area contributed by atoms with E-state index in [1.807, 2.05) is 31.3 Å². The summed E-state index contributed by atoms with van der Waals surface area (Å²) >= 11 is 0. The average molecular weight is 239 g/mol. The summed E-state index contributed by atoms with van der Waals surface area (Å²) in [6, 6.07) is 13.9. The minimum Gasteiger partial charge on any atom is -0.465 e. The van der Waals surface area contributed by atoms with Crippen molar-refractivity contribution >= 4 is 27.8 Å². The van der Waals surface area contributed by atoms with Gasteiger partial charge in [-0.1, -0.05) is 24.3 Å². The first-order chi connectivity index (χ1) is 8.72. The Balaban J connectivity index is 2.38. The number of hydrogen-bond donors (Lipinski definition) is 0. The van der Waals surface area contributed by atoms with E-state index in [0.717, 1.165) is 16.4 Å². The minimum atomic E-state index is -0.304. The van der Waals surface area contributed by atoms with Gasteiger partial charge in [0.15, 0.2) is 0 Å². The summed E-state index contributed by atoms with van der Waals surface area (Å²) in [5.74, 6) is -0.304. The van der Waals surface area contributed by atoms with Crippen molar-refractivity contribution in [3.63, 3.8) is 0 Å². The maximum Gasteiger partial charge on any atom is 0.337 e. The number of rotatable bonds is 1. The first-order valence-corrected chi connectivity index (χ1v) is 5.78.